The van der Waals surface area contributed by atoms with Crippen LogP contribution in [0, 0.1) is 5.92 Å². The van der Waals surface area contributed by atoms with Crippen molar-refractivity contribution in [3.63, 3.8) is 0 Å². The fraction of sp³-hybridized carbons (Fsp3) is 0.682. The van der Waals surface area contributed by atoms with Gasteiger partial charge in [-0.25, -0.2) is 0 Å². The van der Waals surface area contributed by atoms with Gasteiger partial charge in [-0.2, -0.15) is 0 Å². The molecule has 0 amide bonds. The van der Waals surface area contributed by atoms with Gasteiger partial charge in [0.25, 0.3) is 0 Å². The Labute approximate surface area is 151 Å². The average molecular weight is 341 g/mol. The van der Waals surface area contributed by atoms with Crippen LogP contribution in [0.4, 0.5) is 0 Å². The molecule has 0 spiro atoms. The van der Waals surface area contributed by atoms with Gasteiger partial charge in [-0.1, -0.05) is 6.42 Å². The van der Waals surface area contributed by atoms with Crippen molar-refractivity contribution in [2.75, 3.05) is 13.1 Å². The number of piperidine rings is 1. The number of aryl methyl sites for hydroxylation is 1. The lowest BCUT2D eigenvalue weighted by molar-refractivity contribution is 0.0612. The van der Waals surface area contributed by atoms with E-state index in [-0.39, 0.29) is 5.92 Å². The number of aliphatic hydroxyl groups is 1. The van der Waals surface area contributed by atoms with Crippen molar-refractivity contribution in [1.82, 2.24) is 4.90 Å². The molecule has 1 N–H and O–H groups in total. The van der Waals surface area contributed by atoms with Crippen LogP contribution < -0.4 is 0 Å². The molecule has 3 heteroatoms. The lowest BCUT2D eigenvalue weighted by Crippen LogP contribution is -2.47. The summed E-state index contributed by atoms with van der Waals surface area (Å²) >= 11 is 0. The summed E-state index contributed by atoms with van der Waals surface area (Å²) in [5.41, 5.74) is 4.45. The van der Waals surface area contributed by atoms with E-state index in [2.05, 4.69) is 11.0 Å². The monoisotopic (exact) mass is 341 g/mol. The summed E-state index contributed by atoms with van der Waals surface area (Å²) in [7, 11) is 0. The smallest absolute Gasteiger partial charge is 0.167 e. The number of ketones is 1. The molecule has 3 nitrogen and oxygen atoms in total. The highest BCUT2D eigenvalue weighted by atomic mass is 16.3. The molecule has 2 fully saturated rings. The first-order valence-electron chi connectivity index (χ1n) is 10.3. The Morgan fingerprint density at radius 2 is 1.92 bits per heavy atom. The first kappa shape index (κ1) is 17.2. The van der Waals surface area contributed by atoms with E-state index in [0.29, 0.717) is 5.78 Å². The van der Waals surface area contributed by atoms with E-state index < -0.39 is 6.10 Å². The molecular weight excluding hydrogens is 310 g/mol. The Morgan fingerprint density at radius 3 is 2.64 bits per heavy atom. The zero-order valence-corrected chi connectivity index (χ0v) is 15.5. The molecule has 1 saturated carbocycles. The number of carbonyl (C=O) groups is 1. The van der Waals surface area contributed by atoms with E-state index in [1.54, 1.807) is 0 Å². The standard InChI is InChI=1S/C22H31NO2/c1-15(24)21-13-18(12-16-6-2-3-10-20(16)21)22(25)17-7-5-11-23(14-17)19-8-4-9-19/h12-13,15,17,19,24H,2-11,14H2,1H3. The molecule has 2 atom stereocenters. The van der Waals surface area contributed by atoms with Crippen LogP contribution in [0.15, 0.2) is 12.1 Å². The molecule has 2 aliphatic carbocycles. The number of rotatable bonds is 4. The van der Waals surface area contributed by atoms with Crippen molar-refractivity contribution in [3.8, 4) is 0 Å². The maximum Gasteiger partial charge on any atom is 0.167 e. The van der Waals surface area contributed by atoms with Crippen LogP contribution in [-0.2, 0) is 12.8 Å². The molecule has 2 unspecified atom stereocenters. The van der Waals surface area contributed by atoms with Gasteiger partial charge in [0.05, 0.1) is 6.10 Å². The maximum absolute atomic E-state index is 13.2. The lowest BCUT2D eigenvalue weighted by atomic mass is 9.81. The third-order valence-electron chi connectivity index (χ3n) is 6.65. The SMILES string of the molecule is CC(O)c1cc(C(=O)C2CCCN(C3CCC3)C2)cc2c1CCCC2. The second kappa shape index (κ2) is 7.20. The van der Waals surface area contributed by atoms with E-state index >= 15 is 0 Å². The van der Waals surface area contributed by atoms with Gasteiger partial charge in [0.1, 0.15) is 0 Å². The second-order valence-corrected chi connectivity index (χ2v) is 8.37. The van der Waals surface area contributed by atoms with E-state index in [4.69, 9.17) is 0 Å². The minimum Gasteiger partial charge on any atom is -0.389 e. The predicted octanol–water partition coefficient (Wildman–Crippen LogP) is 4.07. The molecule has 3 aliphatic rings. The largest absolute Gasteiger partial charge is 0.389 e. The van der Waals surface area contributed by atoms with Gasteiger partial charge in [0.2, 0.25) is 0 Å². The number of carbonyl (C=O) groups excluding carboxylic acids is 1. The van der Waals surface area contributed by atoms with Crippen molar-refractivity contribution in [3.05, 3.63) is 34.4 Å². The van der Waals surface area contributed by atoms with E-state index in [9.17, 15) is 9.90 Å². The van der Waals surface area contributed by atoms with Gasteiger partial charge in [-0.15, -0.1) is 0 Å². The van der Waals surface area contributed by atoms with Crippen LogP contribution in [0.25, 0.3) is 0 Å². The summed E-state index contributed by atoms with van der Waals surface area (Å²) in [6.45, 7) is 3.93. The van der Waals surface area contributed by atoms with Gasteiger partial charge < -0.3 is 5.11 Å². The van der Waals surface area contributed by atoms with Gasteiger partial charge >= 0.3 is 0 Å². The molecule has 1 aromatic carbocycles. The van der Waals surface area contributed by atoms with Crippen molar-refractivity contribution < 1.29 is 9.90 Å². The number of hydrogen-bond donors (Lipinski definition) is 1. The van der Waals surface area contributed by atoms with Crippen molar-refractivity contribution in [2.45, 2.75) is 76.9 Å². The van der Waals surface area contributed by atoms with E-state index in [0.717, 1.165) is 55.9 Å². The van der Waals surface area contributed by atoms with Crippen molar-refractivity contribution >= 4 is 5.78 Å². The summed E-state index contributed by atoms with van der Waals surface area (Å²) < 4.78 is 0. The van der Waals surface area contributed by atoms with Gasteiger partial charge in [-0.05, 0) is 93.7 Å². The van der Waals surface area contributed by atoms with Crippen LogP contribution in [0.1, 0.15) is 85.0 Å². The minimum absolute atomic E-state index is 0.137. The van der Waals surface area contributed by atoms with E-state index in [1.165, 1.54) is 43.2 Å². The topological polar surface area (TPSA) is 40.5 Å². The number of benzene rings is 1. The molecule has 1 aromatic rings. The fourth-order valence-corrected chi connectivity index (χ4v) is 4.96. The Bertz CT molecular complexity index is 648. The highest BCUT2D eigenvalue weighted by Gasteiger charge is 2.33. The van der Waals surface area contributed by atoms with Crippen LogP contribution in [0.2, 0.25) is 0 Å². The van der Waals surface area contributed by atoms with Gasteiger partial charge in [-0.3, -0.25) is 9.69 Å². The molecule has 0 bridgehead atoms. The number of hydrogen-bond acceptors (Lipinski definition) is 3. The first-order valence-corrected chi connectivity index (χ1v) is 10.3. The molecule has 25 heavy (non-hydrogen) atoms. The Hall–Kier alpha value is -1.19. The highest BCUT2D eigenvalue weighted by Crippen LogP contribution is 2.33. The molecule has 4 rings (SSSR count). The van der Waals surface area contributed by atoms with Crippen LogP contribution >= 0.6 is 0 Å². The Balaban J connectivity index is 1.57. The van der Waals surface area contributed by atoms with Crippen LogP contribution in [-0.4, -0.2) is 34.9 Å². The summed E-state index contributed by atoms with van der Waals surface area (Å²) in [5, 5.41) is 10.2. The fourth-order valence-electron chi connectivity index (χ4n) is 4.96. The van der Waals surface area contributed by atoms with Crippen molar-refractivity contribution in [2.24, 2.45) is 5.92 Å². The molecular formula is C22H31NO2. The normalized spacial score (nSPS) is 25.9. The molecule has 1 saturated heterocycles. The first-order chi connectivity index (χ1) is 12.1. The van der Waals surface area contributed by atoms with Gasteiger partial charge in [0.15, 0.2) is 5.78 Å². The number of likely N-dealkylation sites (tertiary alicyclic amines) is 1. The molecule has 136 valence electrons. The number of aliphatic hydroxyl groups excluding tert-OH is 1. The number of fused-ring (bicyclic) bond motifs is 1. The highest BCUT2D eigenvalue weighted by molar-refractivity contribution is 5.98. The van der Waals surface area contributed by atoms with Crippen molar-refractivity contribution in [1.29, 1.82) is 0 Å². The molecule has 0 radical (unpaired) electrons. The predicted molar refractivity (Wildman–Crippen MR) is 100.0 cm³/mol. The van der Waals surface area contributed by atoms with Gasteiger partial charge in [0, 0.05) is 24.1 Å². The number of Topliss-reactive ketones (excluding diaryl/α,β-unsaturated/α-hetero) is 1. The quantitative estimate of drug-likeness (QED) is 0.840. The molecule has 1 heterocycles. The van der Waals surface area contributed by atoms with E-state index in [1.807, 2.05) is 13.0 Å². The zero-order chi connectivity index (χ0) is 17.4. The third kappa shape index (κ3) is 3.41. The number of nitrogens with zero attached hydrogens (tertiary/aromatic N) is 1. The zero-order valence-electron chi connectivity index (χ0n) is 15.5. The summed E-state index contributed by atoms with van der Waals surface area (Å²) in [5.74, 6) is 0.442. The maximum atomic E-state index is 13.2. The summed E-state index contributed by atoms with van der Waals surface area (Å²) in [4.78, 5) is 15.8. The Kier molecular flexibility index (Phi) is 4.97. The molecule has 0 aromatic heterocycles. The third-order valence-corrected chi connectivity index (χ3v) is 6.65. The van der Waals surface area contributed by atoms with Crippen LogP contribution in [0.3, 0.4) is 0 Å². The second-order valence-electron chi connectivity index (χ2n) is 8.37. The minimum atomic E-state index is -0.488. The lowest BCUT2D eigenvalue weighted by Gasteiger charge is -2.42. The Morgan fingerprint density at radius 1 is 1.12 bits per heavy atom. The summed E-state index contributed by atoms with van der Waals surface area (Å²) in [6, 6.07) is 4.87. The molecule has 1 aliphatic heterocycles. The van der Waals surface area contributed by atoms with Crippen LogP contribution in [0.5, 0.6) is 0 Å². The average Bonchev–Trinajstić information content (AvgIpc) is 2.58. The summed E-state index contributed by atoms with van der Waals surface area (Å²) in [6.07, 6.45) is 10.1.